The third-order valence-electron chi connectivity index (χ3n) is 4.58. The Morgan fingerprint density at radius 2 is 2.47 bits per heavy atom. The second-order valence-electron chi connectivity index (χ2n) is 5.44. The van der Waals surface area contributed by atoms with Gasteiger partial charge in [0.2, 0.25) is 0 Å². The second-order valence-corrected chi connectivity index (χ2v) is 5.44. The first-order valence-electron chi connectivity index (χ1n) is 6.39. The lowest BCUT2D eigenvalue weighted by Crippen LogP contribution is -2.51. The number of hydrogen-bond donors (Lipinski definition) is 2. The number of fused-ring (bicyclic) bond motifs is 1. The van der Waals surface area contributed by atoms with Crippen LogP contribution in [0.1, 0.15) is 32.0 Å². The van der Waals surface area contributed by atoms with Gasteiger partial charge in [-0.25, -0.2) is 0 Å². The zero-order chi connectivity index (χ0) is 11.9. The molecule has 3 rings (SSSR count). The van der Waals surface area contributed by atoms with E-state index in [9.17, 15) is 0 Å². The summed E-state index contributed by atoms with van der Waals surface area (Å²) < 4.78 is 0. The van der Waals surface area contributed by atoms with E-state index >= 15 is 0 Å². The first-order chi connectivity index (χ1) is 8.27. The van der Waals surface area contributed by atoms with Gasteiger partial charge in [0.1, 0.15) is 0 Å². The summed E-state index contributed by atoms with van der Waals surface area (Å²) in [7, 11) is 0. The van der Waals surface area contributed by atoms with Crippen LogP contribution in [0.3, 0.4) is 0 Å². The van der Waals surface area contributed by atoms with Crippen molar-refractivity contribution in [2.75, 3.05) is 6.54 Å². The molecule has 17 heavy (non-hydrogen) atoms. The fourth-order valence-electron chi connectivity index (χ4n) is 3.61. The summed E-state index contributed by atoms with van der Waals surface area (Å²) >= 11 is 0. The molecule has 1 heterocycles. The Balaban J connectivity index is 1.79. The molecule has 3 atom stereocenters. The number of nitrogens with two attached hydrogens (primary N) is 1. The van der Waals surface area contributed by atoms with E-state index in [1.165, 1.54) is 19.3 Å². The maximum Gasteiger partial charge on any atom is 0.175 e. The normalized spacial score (nSPS) is 35.3. The van der Waals surface area contributed by atoms with Crippen LogP contribution in [-0.2, 0) is 6.42 Å². The van der Waals surface area contributed by atoms with E-state index in [2.05, 4.69) is 33.6 Å². The van der Waals surface area contributed by atoms with Gasteiger partial charge in [-0.2, -0.15) is 5.21 Å². The first-order valence-corrected chi connectivity index (χ1v) is 6.39. The van der Waals surface area contributed by atoms with Crippen molar-refractivity contribution >= 4 is 0 Å². The quantitative estimate of drug-likeness (QED) is 0.762. The third-order valence-corrected chi connectivity index (χ3v) is 4.58. The van der Waals surface area contributed by atoms with E-state index in [-0.39, 0.29) is 5.41 Å². The second kappa shape index (κ2) is 3.91. The van der Waals surface area contributed by atoms with Crippen LogP contribution in [0.2, 0.25) is 0 Å². The van der Waals surface area contributed by atoms with E-state index in [1.807, 2.05) is 0 Å². The average Bonchev–Trinajstić information content (AvgIpc) is 2.94. The molecule has 1 aromatic heterocycles. The van der Waals surface area contributed by atoms with Gasteiger partial charge in [-0.1, -0.05) is 23.8 Å². The fourth-order valence-corrected chi connectivity index (χ4v) is 3.61. The summed E-state index contributed by atoms with van der Waals surface area (Å²) in [5.74, 6) is 2.26. The summed E-state index contributed by atoms with van der Waals surface area (Å²) in [5.41, 5.74) is 7.80. The smallest absolute Gasteiger partial charge is 0.175 e. The minimum atomic E-state index is 0.186. The molecule has 2 aliphatic rings. The molecule has 2 aliphatic carbocycles. The van der Waals surface area contributed by atoms with Gasteiger partial charge in [-0.3, -0.25) is 0 Å². The summed E-state index contributed by atoms with van der Waals surface area (Å²) in [4.78, 5) is 0. The molecule has 3 N–H and O–H groups in total. The molecule has 0 aromatic carbocycles. The number of aromatic nitrogens is 4. The molecule has 5 heteroatoms. The minimum Gasteiger partial charge on any atom is -0.330 e. The number of nitrogens with zero attached hydrogens (tertiary/aromatic N) is 3. The molecule has 5 nitrogen and oxygen atoms in total. The van der Waals surface area contributed by atoms with E-state index < -0.39 is 0 Å². The number of nitrogens with one attached hydrogen (secondary N) is 1. The van der Waals surface area contributed by atoms with Gasteiger partial charge >= 0.3 is 0 Å². The molecule has 1 saturated carbocycles. The van der Waals surface area contributed by atoms with Crippen molar-refractivity contribution in [2.24, 2.45) is 23.0 Å². The van der Waals surface area contributed by atoms with E-state index in [1.54, 1.807) is 5.57 Å². The number of aromatic amines is 1. The maximum atomic E-state index is 6.01. The van der Waals surface area contributed by atoms with Gasteiger partial charge in [0.15, 0.2) is 5.82 Å². The Kier molecular flexibility index (Phi) is 2.50. The molecule has 1 aromatic rings. The molecular weight excluding hydrogens is 214 g/mol. The Morgan fingerprint density at radius 3 is 3.12 bits per heavy atom. The summed E-state index contributed by atoms with van der Waals surface area (Å²) in [5, 5.41) is 14.3. The lowest BCUT2D eigenvalue weighted by molar-refractivity contribution is 0.00727. The molecule has 0 saturated heterocycles. The van der Waals surface area contributed by atoms with Crippen molar-refractivity contribution in [3.05, 3.63) is 17.5 Å². The van der Waals surface area contributed by atoms with Crippen LogP contribution in [0.5, 0.6) is 0 Å². The van der Waals surface area contributed by atoms with Gasteiger partial charge < -0.3 is 5.73 Å². The summed E-state index contributed by atoms with van der Waals surface area (Å²) in [6.45, 7) is 2.95. The average molecular weight is 233 g/mol. The van der Waals surface area contributed by atoms with Crippen LogP contribution in [-0.4, -0.2) is 27.2 Å². The summed E-state index contributed by atoms with van der Waals surface area (Å²) in [6.07, 6.45) is 6.98. The highest BCUT2D eigenvalue weighted by molar-refractivity contribution is 5.24. The topological polar surface area (TPSA) is 80.5 Å². The zero-order valence-electron chi connectivity index (χ0n) is 10.2. The number of H-pyrrole nitrogens is 1. The summed E-state index contributed by atoms with van der Waals surface area (Å²) in [6, 6.07) is 0. The van der Waals surface area contributed by atoms with E-state index in [0.29, 0.717) is 5.92 Å². The molecule has 0 radical (unpaired) electrons. The standard InChI is InChI=1S/C12H19N5/c1-2-8-3-9-5-12(7-13,10(9)4-8)6-11-14-16-17-15-11/h4,9-10H,2-3,5-7,13H2,1H3,(H,14,15,16,17)/t9-,10-,12?/m1/s1. The maximum absolute atomic E-state index is 6.01. The molecule has 0 aliphatic heterocycles. The fraction of sp³-hybridized carbons (Fsp3) is 0.750. The van der Waals surface area contributed by atoms with Crippen molar-refractivity contribution in [3.8, 4) is 0 Å². The molecule has 92 valence electrons. The van der Waals surface area contributed by atoms with E-state index in [4.69, 9.17) is 5.73 Å². The van der Waals surface area contributed by atoms with Crippen molar-refractivity contribution < 1.29 is 0 Å². The van der Waals surface area contributed by atoms with Crippen LogP contribution < -0.4 is 5.73 Å². The Bertz CT molecular complexity index is 424. The Hall–Kier alpha value is -1.23. The predicted molar refractivity (Wildman–Crippen MR) is 64.0 cm³/mol. The van der Waals surface area contributed by atoms with Crippen LogP contribution in [0.4, 0.5) is 0 Å². The molecule has 0 bridgehead atoms. The highest BCUT2D eigenvalue weighted by atomic mass is 15.5. The van der Waals surface area contributed by atoms with Crippen molar-refractivity contribution in [3.63, 3.8) is 0 Å². The number of rotatable bonds is 4. The highest BCUT2D eigenvalue weighted by Gasteiger charge is 2.54. The third kappa shape index (κ3) is 1.60. The van der Waals surface area contributed by atoms with Gasteiger partial charge in [0.25, 0.3) is 0 Å². The lowest BCUT2D eigenvalue weighted by atomic mass is 9.53. The molecule has 1 fully saturated rings. The largest absolute Gasteiger partial charge is 0.330 e. The molecule has 0 spiro atoms. The number of tetrazole rings is 1. The Morgan fingerprint density at radius 1 is 1.59 bits per heavy atom. The molecule has 1 unspecified atom stereocenters. The van der Waals surface area contributed by atoms with Crippen molar-refractivity contribution in [2.45, 2.75) is 32.6 Å². The number of hydrogen-bond acceptors (Lipinski definition) is 4. The van der Waals surface area contributed by atoms with Crippen LogP contribution >= 0.6 is 0 Å². The SMILES string of the molecule is CCC1=C[C@@H]2[C@H](C1)CC2(CN)Cc1nn[nH]n1. The van der Waals surface area contributed by atoms with Gasteiger partial charge in [0.05, 0.1) is 0 Å². The van der Waals surface area contributed by atoms with Gasteiger partial charge in [-0.05, 0) is 43.1 Å². The monoisotopic (exact) mass is 233 g/mol. The van der Waals surface area contributed by atoms with Crippen molar-refractivity contribution in [1.29, 1.82) is 0 Å². The van der Waals surface area contributed by atoms with Gasteiger partial charge in [-0.15, -0.1) is 10.2 Å². The number of allylic oxidation sites excluding steroid dienone is 2. The minimum absolute atomic E-state index is 0.186. The molecular formula is C12H19N5. The lowest BCUT2D eigenvalue weighted by Gasteiger charge is -2.51. The zero-order valence-corrected chi connectivity index (χ0v) is 10.2. The highest BCUT2D eigenvalue weighted by Crippen LogP contribution is 2.58. The van der Waals surface area contributed by atoms with Crippen molar-refractivity contribution in [1.82, 2.24) is 20.6 Å². The predicted octanol–water partition coefficient (Wildman–Crippen LogP) is 1.06. The van der Waals surface area contributed by atoms with Gasteiger partial charge in [0, 0.05) is 6.42 Å². The Labute approximate surface area is 101 Å². The molecule has 0 amide bonds. The van der Waals surface area contributed by atoms with E-state index in [0.717, 1.165) is 24.7 Å². The van der Waals surface area contributed by atoms with Crippen LogP contribution in [0, 0.1) is 17.3 Å². The van der Waals surface area contributed by atoms with Crippen LogP contribution in [0.25, 0.3) is 0 Å². The first kappa shape index (κ1) is 10.9. The van der Waals surface area contributed by atoms with Crippen LogP contribution in [0.15, 0.2) is 11.6 Å².